The zero-order valence-electron chi connectivity index (χ0n) is 11.6. The number of anilines is 1. The Bertz CT molecular complexity index is 837. The molecule has 0 spiro atoms. The first-order valence-electron chi connectivity index (χ1n) is 6.63. The normalized spacial score (nSPS) is 19.4. The molecule has 118 valence electrons. The molecular weight excluding hydrogens is 361 g/mol. The number of amides is 1. The minimum atomic E-state index is -1.99. The Morgan fingerprint density at radius 2 is 1.74 bits per heavy atom. The van der Waals surface area contributed by atoms with E-state index in [2.05, 4.69) is 5.32 Å². The number of hydrogen-bond acceptors (Lipinski definition) is 3. The number of carbonyl (C=O) groups excluding carboxylic acids is 2. The maximum absolute atomic E-state index is 12.5. The van der Waals surface area contributed by atoms with Crippen molar-refractivity contribution in [1.82, 2.24) is 0 Å². The fraction of sp³-hybridized carbons (Fsp3) is 0.125. The van der Waals surface area contributed by atoms with Gasteiger partial charge in [0, 0.05) is 26.9 Å². The van der Waals surface area contributed by atoms with E-state index < -0.39 is 23.7 Å². The lowest BCUT2D eigenvalue weighted by atomic mass is 9.88. The molecule has 4 nitrogen and oxygen atoms in total. The van der Waals surface area contributed by atoms with Crippen molar-refractivity contribution in [2.45, 2.75) is 12.0 Å². The Hall–Kier alpha value is -1.59. The van der Waals surface area contributed by atoms with E-state index >= 15 is 0 Å². The summed E-state index contributed by atoms with van der Waals surface area (Å²) in [6.45, 7) is 0. The van der Waals surface area contributed by atoms with Gasteiger partial charge in [-0.1, -0.05) is 34.8 Å². The summed E-state index contributed by atoms with van der Waals surface area (Å²) in [5.74, 6) is -1.15. The number of halogens is 3. The molecule has 3 rings (SSSR count). The molecule has 7 heteroatoms. The van der Waals surface area contributed by atoms with Crippen molar-refractivity contribution in [3.05, 3.63) is 62.6 Å². The van der Waals surface area contributed by atoms with E-state index in [4.69, 9.17) is 34.8 Å². The highest BCUT2D eigenvalue weighted by Gasteiger charge is 2.47. The van der Waals surface area contributed by atoms with Gasteiger partial charge < -0.3 is 10.4 Å². The predicted octanol–water partition coefficient (Wildman–Crippen LogP) is 4.06. The minimum absolute atomic E-state index is 0.163. The van der Waals surface area contributed by atoms with E-state index in [1.165, 1.54) is 24.3 Å². The molecule has 1 aliphatic heterocycles. The maximum Gasteiger partial charge on any atom is 0.261 e. The highest BCUT2D eigenvalue weighted by molar-refractivity contribution is 6.37. The molecule has 1 amide bonds. The van der Waals surface area contributed by atoms with Crippen molar-refractivity contribution in [3.8, 4) is 0 Å². The van der Waals surface area contributed by atoms with E-state index in [-0.39, 0.29) is 16.1 Å². The van der Waals surface area contributed by atoms with Crippen molar-refractivity contribution in [3.63, 3.8) is 0 Å². The molecule has 1 atom stereocenters. The van der Waals surface area contributed by atoms with Gasteiger partial charge in [0.25, 0.3) is 5.91 Å². The third-order valence-electron chi connectivity index (χ3n) is 3.70. The highest BCUT2D eigenvalue weighted by atomic mass is 35.5. The average Bonchev–Trinajstić information content (AvgIpc) is 2.70. The average molecular weight is 371 g/mol. The molecule has 1 heterocycles. The Kier molecular flexibility index (Phi) is 4.10. The van der Waals surface area contributed by atoms with Crippen LogP contribution in [0.3, 0.4) is 0 Å². The molecular formula is C16H10Cl3NO3. The Balaban J connectivity index is 1.97. The first kappa shape index (κ1) is 16.3. The van der Waals surface area contributed by atoms with Crippen molar-refractivity contribution >= 4 is 52.2 Å². The number of aliphatic hydroxyl groups is 1. The van der Waals surface area contributed by atoms with Crippen LogP contribution in [0.4, 0.5) is 5.69 Å². The van der Waals surface area contributed by atoms with Crippen LogP contribution in [0.5, 0.6) is 0 Å². The number of Topliss-reactive ketones (excluding diaryl/α,β-unsaturated/α-hetero) is 1. The molecule has 0 aliphatic carbocycles. The summed E-state index contributed by atoms with van der Waals surface area (Å²) < 4.78 is 0. The fourth-order valence-electron chi connectivity index (χ4n) is 2.53. The fourth-order valence-corrected chi connectivity index (χ4v) is 3.22. The van der Waals surface area contributed by atoms with E-state index in [1.807, 2.05) is 0 Å². The zero-order valence-corrected chi connectivity index (χ0v) is 13.8. The third-order valence-corrected chi connectivity index (χ3v) is 4.48. The van der Waals surface area contributed by atoms with Crippen molar-refractivity contribution in [1.29, 1.82) is 0 Å². The van der Waals surface area contributed by atoms with E-state index in [9.17, 15) is 14.7 Å². The number of nitrogens with one attached hydrogen (secondary N) is 1. The van der Waals surface area contributed by atoms with Crippen LogP contribution in [0, 0.1) is 0 Å². The van der Waals surface area contributed by atoms with Crippen LogP contribution >= 0.6 is 34.8 Å². The summed E-state index contributed by atoms with van der Waals surface area (Å²) in [7, 11) is 0. The van der Waals surface area contributed by atoms with Gasteiger partial charge in [0.05, 0.1) is 11.4 Å². The summed E-state index contributed by atoms with van der Waals surface area (Å²) in [6.07, 6.45) is -0.451. The monoisotopic (exact) mass is 369 g/mol. The quantitative estimate of drug-likeness (QED) is 0.801. The number of benzene rings is 2. The van der Waals surface area contributed by atoms with Gasteiger partial charge in [-0.05, 0) is 36.4 Å². The summed E-state index contributed by atoms with van der Waals surface area (Å²) in [5, 5.41) is 14.2. The number of rotatable bonds is 3. The maximum atomic E-state index is 12.5. The third kappa shape index (κ3) is 2.83. The van der Waals surface area contributed by atoms with Gasteiger partial charge in [-0.15, -0.1) is 0 Å². The van der Waals surface area contributed by atoms with Crippen LogP contribution in [0.2, 0.25) is 15.1 Å². The molecule has 0 radical (unpaired) electrons. The molecule has 0 saturated heterocycles. The largest absolute Gasteiger partial charge is 0.375 e. The minimum Gasteiger partial charge on any atom is -0.375 e. The Morgan fingerprint density at radius 1 is 1.09 bits per heavy atom. The lowest BCUT2D eigenvalue weighted by Gasteiger charge is -2.20. The molecule has 2 aromatic rings. The number of fused-ring (bicyclic) bond motifs is 1. The molecule has 0 aromatic heterocycles. The molecule has 0 fully saturated rings. The SMILES string of the molecule is O=C(C[C@]1(O)C(=O)Nc2ccc(Cl)cc21)c1ccc(Cl)cc1Cl. The standard InChI is InChI=1S/C16H10Cl3NO3/c17-8-2-4-13-11(5-8)16(23,15(22)20-13)7-14(21)10-3-1-9(18)6-12(10)19/h1-6,23H,7H2,(H,20,22)/t16-/m1/s1. The number of ketones is 1. The van der Waals surface area contributed by atoms with Crippen LogP contribution in [-0.2, 0) is 10.4 Å². The molecule has 0 bridgehead atoms. The highest BCUT2D eigenvalue weighted by Crippen LogP contribution is 2.40. The van der Waals surface area contributed by atoms with Crippen molar-refractivity contribution in [2.24, 2.45) is 0 Å². The van der Waals surface area contributed by atoms with Crippen molar-refractivity contribution in [2.75, 3.05) is 5.32 Å². The van der Waals surface area contributed by atoms with E-state index in [0.29, 0.717) is 15.7 Å². The lowest BCUT2D eigenvalue weighted by molar-refractivity contribution is -0.133. The van der Waals surface area contributed by atoms with Gasteiger partial charge in [-0.3, -0.25) is 9.59 Å². The topological polar surface area (TPSA) is 66.4 Å². The van der Waals surface area contributed by atoms with Crippen LogP contribution in [0.25, 0.3) is 0 Å². The van der Waals surface area contributed by atoms with Crippen LogP contribution < -0.4 is 5.32 Å². The summed E-state index contributed by atoms with van der Waals surface area (Å²) >= 11 is 17.7. The second-order valence-electron chi connectivity index (χ2n) is 5.23. The summed E-state index contributed by atoms with van der Waals surface area (Å²) in [6, 6.07) is 9.04. The predicted molar refractivity (Wildman–Crippen MR) is 89.4 cm³/mol. The molecule has 23 heavy (non-hydrogen) atoms. The van der Waals surface area contributed by atoms with Gasteiger partial charge in [0.15, 0.2) is 11.4 Å². The van der Waals surface area contributed by atoms with Gasteiger partial charge >= 0.3 is 0 Å². The van der Waals surface area contributed by atoms with Crippen LogP contribution in [-0.4, -0.2) is 16.8 Å². The van der Waals surface area contributed by atoms with Gasteiger partial charge in [-0.2, -0.15) is 0 Å². The molecule has 2 aromatic carbocycles. The molecule has 1 aliphatic rings. The van der Waals surface area contributed by atoms with Crippen LogP contribution in [0.1, 0.15) is 22.3 Å². The Morgan fingerprint density at radius 3 is 2.43 bits per heavy atom. The molecule has 0 unspecified atom stereocenters. The lowest BCUT2D eigenvalue weighted by Crippen LogP contribution is -2.36. The van der Waals surface area contributed by atoms with Crippen molar-refractivity contribution < 1.29 is 14.7 Å². The number of hydrogen-bond donors (Lipinski definition) is 2. The van der Waals surface area contributed by atoms with Gasteiger partial charge in [-0.25, -0.2) is 0 Å². The van der Waals surface area contributed by atoms with Gasteiger partial charge in [0.1, 0.15) is 0 Å². The van der Waals surface area contributed by atoms with Gasteiger partial charge in [0.2, 0.25) is 0 Å². The summed E-state index contributed by atoms with van der Waals surface area (Å²) in [5.41, 5.74) is -1.10. The van der Waals surface area contributed by atoms with E-state index in [1.54, 1.807) is 12.1 Å². The molecule has 0 saturated carbocycles. The van der Waals surface area contributed by atoms with E-state index in [0.717, 1.165) is 0 Å². The van der Waals surface area contributed by atoms with Crippen LogP contribution in [0.15, 0.2) is 36.4 Å². The first-order valence-corrected chi connectivity index (χ1v) is 7.77. The zero-order chi connectivity index (χ0) is 16.8. The smallest absolute Gasteiger partial charge is 0.261 e. The summed E-state index contributed by atoms with van der Waals surface area (Å²) in [4.78, 5) is 24.6. The second-order valence-corrected chi connectivity index (χ2v) is 6.51. The molecule has 2 N–H and O–H groups in total. The first-order chi connectivity index (χ1) is 10.8. The number of carbonyl (C=O) groups is 2. The Labute approximate surface area is 147 Å². The second kappa shape index (κ2) is 5.80.